The molecule has 0 bridgehead atoms. The highest BCUT2D eigenvalue weighted by molar-refractivity contribution is 9.10. The summed E-state index contributed by atoms with van der Waals surface area (Å²) in [5.74, 6) is -0.112. The van der Waals surface area contributed by atoms with E-state index >= 15 is 0 Å². The van der Waals surface area contributed by atoms with Crippen LogP contribution >= 0.6 is 15.9 Å². The molecule has 9 heteroatoms. The Morgan fingerprint density at radius 2 is 1.76 bits per heavy atom. The van der Waals surface area contributed by atoms with Gasteiger partial charge in [-0.1, -0.05) is 30.3 Å². The van der Waals surface area contributed by atoms with Crippen LogP contribution in [0.4, 0.5) is 11.4 Å². The van der Waals surface area contributed by atoms with Crippen LogP contribution in [0.25, 0.3) is 0 Å². The van der Waals surface area contributed by atoms with Crippen molar-refractivity contribution in [3.8, 4) is 11.5 Å². The first-order chi connectivity index (χ1) is 18.4. The van der Waals surface area contributed by atoms with Gasteiger partial charge in [0.1, 0.15) is 6.61 Å². The van der Waals surface area contributed by atoms with Gasteiger partial charge < -0.3 is 29.1 Å². The topological polar surface area (TPSA) is 88.5 Å². The number of benzene rings is 3. The van der Waals surface area contributed by atoms with Gasteiger partial charge >= 0.3 is 5.97 Å². The Balaban J connectivity index is 1.61. The van der Waals surface area contributed by atoms with Gasteiger partial charge in [0, 0.05) is 25.7 Å². The lowest BCUT2D eigenvalue weighted by molar-refractivity contribution is -0.116. The van der Waals surface area contributed by atoms with Crippen molar-refractivity contribution in [2.24, 2.45) is 0 Å². The smallest absolute Gasteiger partial charge is 0.337 e. The number of carbonyl (C=O) groups excluding carboxylic acids is 1. The minimum Gasteiger partial charge on any atom is -0.490 e. The third kappa shape index (κ3) is 6.65. The zero-order chi connectivity index (χ0) is 27.1. The number of halogens is 1. The average Bonchev–Trinajstić information content (AvgIpc) is 2.92. The second-order valence-corrected chi connectivity index (χ2v) is 9.68. The monoisotopic (exact) mass is 582 g/mol. The lowest BCUT2D eigenvalue weighted by atomic mass is 10.1. The van der Waals surface area contributed by atoms with Crippen molar-refractivity contribution in [2.45, 2.75) is 27.0 Å². The normalized spacial score (nSPS) is 13.2. The molecule has 8 nitrogen and oxygen atoms in total. The van der Waals surface area contributed by atoms with Gasteiger partial charge in [0.15, 0.2) is 11.5 Å². The highest BCUT2D eigenvalue weighted by Crippen LogP contribution is 2.38. The number of carboxylic acids is 1. The van der Waals surface area contributed by atoms with Crippen molar-refractivity contribution in [2.75, 3.05) is 42.7 Å². The Bertz CT molecular complexity index is 1280. The maximum atomic E-state index is 12.7. The quantitative estimate of drug-likeness (QED) is 0.337. The number of hydrogen-bond donors (Lipinski definition) is 1. The molecule has 1 heterocycles. The summed E-state index contributed by atoms with van der Waals surface area (Å²) in [5, 5.41) is 9.93. The van der Waals surface area contributed by atoms with Crippen LogP contribution in [0.3, 0.4) is 0 Å². The van der Waals surface area contributed by atoms with Crippen molar-refractivity contribution < 1.29 is 28.9 Å². The van der Waals surface area contributed by atoms with E-state index in [1.807, 2.05) is 54.3 Å². The summed E-state index contributed by atoms with van der Waals surface area (Å²) >= 11 is 3.61. The zero-order valence-corrected chi connectivity index (χ0v) is 23.1. The molecule has 0 atom stereocenters. The first-order valence-corrected chi connectivity index (χ1v) is 13.3. The van der Waals surface area contributed by atoms with Gasteiger partial charge in [-0.3, -0.25) is 4.79 Å². The van der Waals surface area contributed by atoms with E-state index in [4.69, 9.17) is 14.2 Å². The van der Waals surface area contributed by atoms with Gasteiger partial charge in [-0.2, -0.15) is 0 Å². The van der Waals surface area contributed by atoms with Gasteiger partial charge in [-0.05, 0) is 64.3 Å². The van der Waals surface area contributed by atoms with Crippen LogP contribution in [0.15, 0.2) is 65.1 Å². The Hall–Kier alpha value is -3.56. The van der Waals surface area contributed by atoms with Crippen molar-refractivity contribution in [3.63, 3.8) is 0 Å². The second kappa shape index (κ2) is 12.8. The standard InChI is InChI=1S/C29H31BrN2O6/c1-3-37-27-16-22(15-25(30)28(27)38-19-21-7-5-4-6-8-21)18-32(20(2)33)23-9-10-26(24(17-23)29(34)35)31-11-13-36-14-12-31/h4-10,15-17H,3,11-14,18-19H2,1-2H3,(H,34,35). The number of hydrogen-bond acceptors (Lipinski definition) is 6. The van der Waals surface area contributed by atoms with Crippen LogP contribution < -0.4 is 19.3 Å². The molecule has 3 aromatic rings. The maximum Gasteiger partial charge on any atom is 0.337 e. The molecule has 3 aromatic carbocycles. The van der Waals surface area contributed by atoms with Crippen molar-refractivity contribution in [1.82, 2.24) is 0 Å². The summed E-state index contributed by atoms with van der Waals surface area (Å²) < 4.78 is 18.1. The van der Waals surface area contributed by atoms with Crippen LogP contribution in [0.5, 0.6) is 11.5 Å². The first-order valence-electron chi connectivity index (χ1n) is 12.5. The summed E-state index contributed by atoms with van der Waals surface area (Å²) in [6, 6.07) is 18.7. The van der Waals surface area contributed by atoms with Crippen LogP contribution in [0.1, 0.15) is 35.3 Å². The van der Waals surface area contributed by atoms with Gasteiger partial charge in [0.2, 0.25) is 5.91 Å². The van der Waals surface area contributed by atoms with Crippen LogP contribution in [-0.4, -0.2) is 49.9 Å². The number of anilines is 2. The van der Waals surface area contributed by atoms with Gasteiger partial charge in [-0.15, -0.1) is 0 Å². The Morgan fingerprint density at radius 3 is 2.42 bits per heavy atom. The van der Waals surface area contributed by atoms with Crippen LogP contribution in [0.2, 0.25) is 0 Å². The van der Waals surface area contributed by atoms with E-state index in [-0.39, 0.29) is 18.0 Å². The fourth-order valence-corrected chi connectivity index (χ4v) is 4.96. The van der Waals surface area contributed by atoms with Gasteiger partial charge in [0.05, 0.1) is 42.1 Å². The van der Waals surface area contributed by atoms with E-state index in [2.05, 4.69) is 15.9 Å². The molecule has 1 aliphatic heterocycles. The highest BCUT2D eigenvalue weighted by atomic mass is 79.9. The number of morpholine rings is 1. The van der Waals surface area contributed by atoms with E-state index in [1.165, 1.54) is 6.92 Å². The fourth-order valence-electron chi connectivity index (χ4n) is 4.36. The molecule has 1 N–H and O–H groups in total. The molecule has 200 valence electrons. The van der Waals surface area contributed by atoms with E-state index in [1.54, 1.807) is 23.1 Å². The molecule has 0 aromatic heterocycles. The zero-order valence-electron chi connectivity index (χ0n) is 21.5. The van der Waals surface area contributed by atoms with Gasteiger partial charge in [-0.25, -0.2) is 4.79 Å². The Labute approximate surface area is 230 Å². The van der Waals surface area contributed by atoms with Crippen molar-refractivity contribution in [3.05, 3.63) is 81.8 Å². The van der Waals surface area contributed by atoms with E-state index in [0.717, 1.165) is 11.1 Å². The molecule has 1 saturated heterocycles. The molecule has 38 heavy (non-hydrogen) atoms. The van der Waals surface area contributed by atoms with Gasteiger partial charge in [0.25, 0.3) is 0 Å². The van der Waals surface area contributed by atoms with E-state index < -0.39 is 5.97 Å². The molecule has 1 amide bonds. The van der Waals surface area contributed by atoms with E-state index in [0.29, 0.717) is 66.9 Å². The number of aromatic carboxylic acids is 1. The summed E-state index contributed by atoms with van der Waals surface area (Å²) in [6.07, 6.45) is 0. The van der Waals surface area contributed by atoms with E-state index in [9.17, 15) is 14.7 Å². The number of nitrogens with zero attached hydrogens (tertiary/aromatic N) is 2. The molecule has 1 fully saturated rings. The molecular formula is C29H31BrN2O6. The lowest BCUT2D eigenvalue weighted by Crippen LogP contribution is -2.37. The molecular weight excluding hydrogens is 552 g/mol. The summed E-state index contributed by atoms with van der Waals surface area (Å²) in [7, 11) is 0. The second-order valence-electron chi connectivity index (χ2n) is 8.82. The molecule has 4 rings (SSSR count). The van der Waals surface area contributed by atoms with Crippen LogP contribution in [0, 0.1) is 0 Å². The summed E-state index contributed by atoms with van der Waals surface area (Å²) in [4.78, 5) is 28.4. The third-order valence-electron chi connectivity index (χ3n) is 6.19. The predicted molar refractivity (Wildman–Crippen MR) is 149 cm³/mol. The molecule has 0 radical (unpaired) electrons. The number of amides is 1. The number of carboxylic acid groups (broad SMARTS) is 1. The number of ether oxygens (including phenoxy) is 3. The largest absolute Gasteiger partial charge is 0.490 e. The third-order valence-corrected chi connectivity index (χ3v) is 6.78. The molecule has 1 aliphatic rings. The number of carbonyl (C=O) groups is 2. The Morgan fingerprint density at radius 1 is 1.03 bits per heavy atom. The number of rotatable bonds is 10. The highest BCUT2D eigenvalue weighted by Gasteiger charge is 2.22. The minimum atomic E-state index is -1.04. The van der Waals surface area contributed by atoms with Crippen molar-refractivity contribution >= 4 is 39.2 Å². The molecule has 0 unspecified atom stereocenters. The molecule has 0 aliphatic carbocycles. The summed E-state index contributed by atoms with van der Waals surface area (Å²) in [5.41, 5.74) is 3.11. The maximum absolute atomic E-state index is 12.7. The fraction of sp³-hybridized carbons (Fsp3) is 0.310. The minimum absolute atomic E-state index is 0.150. The van der Waals surface area contributed by atoms with Crippen LogP contribution in [-0.2, 0) is 22.7 Å². The molecule has 0 spiro atoms. The lowest BCUT2D eigenvalue weighted by Gasteiger charge is -2.31. The predicted octanol–water partition coefficient (Wildman–Crippen LogP) is 5.51. The summed E-state index contributed by atoms with van der Waals surface area (Å²) in [6.45, 7) is 6.73. The molecule has 0 saturated carbocycles. The average molecular weight is 583 g/mol. The first kappa shape index (κ1) is 27.5. The van der Waals surface area contributed by atoms with Crippen molar-refractivity contribution in [1.29, 1.82) is 0 Å². The Kier molecular flexibility index (Phi) is 9.25. The SMILES string of the molecule is CCOc1cc(CN(C(C)=O)c2ccc(N3CCOCC3)c(C(=O)O)c2)cc(Br)c1OCc1ccccc1.